The fraction of sp³-hybridized carbons (Fsp3) is 0.607. The molecule has 0 spiro atoms. The van der Waals surface area contributed by atoms with Crippen LogP contribution in [0.2, 0.25) is 5.15 Å². The van der Waals surface area contributed by atoms with Crippen LogP contribution in [-0.4, -0.2) is 87.0 Å². The van der Waals surface area contributed by atoms with Crippen molar-refractivity contribution in [3.63, 3.8) is 0 Å². The second kappa shape index (κ2) is 11.1. The minimum Gasteiger partial charge on any atom is -0.476 e. The molecule has 7 heterocycles. The van der Waals surface area contributed by atoms with Gasteiger partial charge in [0.05, 0.1) is 29.3 Å². The molecule has 0 bridgehead atoms. The van der Waals surface area contributed by atoms with Gasteiger partial charge < -0.3 is 19.1 Å². The van der Waals surface area contributed by atoms with Crippen molar-refractivity contribution in [2.45, 2.75) is 68.7 Å². The molecular formula is C28H30ClF4N7O3. The molecule has 0 N–H and O–H groups in total. The number of anilines is 1. The number of hydrogen-bond donors (Lipinski definition) is 0. The Balaban J connectivity index is 1.12. The molecule has 0 aromatic carbocycles. The van der Waals surface area contributed by atoms with Crippen molar-refractivity contribution in [2.75, 3.05) is 44.4 Å². The van der Waals surface area contributed by atoms with E-state index < -0.39 is 17.7 Å². The predicted octanol–water partition coefficient (Wildman–Crippen LogP) is 4.62. The number of nitrogens with zero attached hydrogens (tertiary/aromatic N) is 7. The molecule has 10 nitrogen and oxygen atoms in total. The molecule has 0 amide bonds. The molecule has 3 fully saturated rings. The monoisotopic (exact) mass is 623 g/mol. The van der Waals surface area contributed by atoms with Gasteiger partial charge in [-0.25, -0.2) is 19.3 Å². The highest BCUT2D eigenvalue weighted by molar-refractivity contribution is 6.30. The zero-order valence-corrected chi connectivity index (χ0v) is 24.0. The number of fused-ring (bicyclic) bond motifs is 3. The molecule has 0 unspecified atom stereocenters. The van der Waals surface area contributed by atoms with Crippen LogP contribution in [0.15, 0.2) is 12.4 Å². The highest BCUT2D eigenvalue weighted by Gasteiger charge is 2.50. The number of pyridine rings is 1. The Bertz CT molecular complexity index is 1530. The number of aromatic nitrogens is 5. The number of aryl methyl sites for hydroxylation is 1. The minimum absolute atomic E-state index is 0.0275. The average molecular weight is 624 g/mol. The quantitative estimate of drug-likeness (QED) is 0.286. The zero-order chi connectivity index (χ0) is 29.8. The summed E-state index contributed by atoms with van der Waals surface area (Å²) >= 11 is 6.20. The fourth-order valence-corrected chi connectivity index (χ4v) is 7.21. The summed E-state index contributed by atoms with van der Waals surface area (Å²) in [6, 6.07) is 0.919. The van der Waals surface area contributed by atoms with Crippen LogP contribution in [0.1, 0.15) is 49.9 Å². The molecule has 4 aliphatic rings. The van der Waals surface area contributed by atoms with Crippen molar-refractivity contribution < 1.29 is 31.8 Å². The Labute approximate surface area is 249 Å². The first-order valence-electron chi connectivity index (χ1n) is 14.5. The summed E-state index contributed by atoms with van der Waals surface area (Å²) in [6.45, 7) is 3.16. The highest BCUT2D eigenvalue weighted by Crippen LogP contribution is 2.43. The molecular weight excluding hydrogens is 594 g/mol. The van der Waals surface area contributed by atoms with E-state index in [0.717, 1.165) is 57.5 Å². The Morgan fingerprint density at radius 1 is 1.07 bits per heavy atom. The maximum atomic E-state index is 15.4. The van der Waals surface area contributed by atoms with Crippen LogP contribution in [0.25, 0.3) is 10.9 Å². The summed E-state index contributed by atoms with van der Waals surface area (Å²) in [5.74, 6) is -0.223. The van der Waals surface area contributed by atoms with Gasteiger partial charge in [-0.2, -0.15) is 23.1 Å². The van der Waals surface area contributed by atoms with Gasteiger partial charge in [0.2, 0.25) is 5.88 Å². The topological polar surface area (TPSA) is 98.6 Å². The van der Waals surface area contributed by atoms with E-state index in [1.165, 1.54) is 0 Å². The Morgan fingerprint density at radius 2 is 1.95 bits per heavy atom. The van der Waals surface area contributed by atoms with E-state index in [9.17, 15) is 13.2 Å². The van der Waals surface area contributed by atoms with E-state index in [0.29, 0.717) is 43.1 Å². The molecule has 3 saturated heterocycles. The fourth-order valence-electron chi connectivity index (χ4n) is 7.02. The molecule has 3 aromatic heterocycles. The van der Waals surface area contributed by atoms with E-state index in [2.05, 4.69) is 29.7 Å². The first-order chi connectivity index (χ1) is 20.7. The molecule has 230 valence electrons. The molecule has 43 heavy (non-hydrogen) atoms. The number of halogens is 5. The normalized spacial score (nSPS) is 25.7. The van der Waals surface area contributed by atoms with Gasteiger partial charge in [0, 0.05) is 25.3 Å². The largest absolute Gasteiger partial charge is 0.476 e. The van der Waals surface area contributed by atoms with Crippen LogP contribution in [0.3, 0.4) is 0 Å². The van der Waals surface area contributed by atoms with Gasteiger partial charge in [-0.05, 0) is 51.5 Å². The van der Waals surface area contributed by atoms with Gasteiger partial charge >= 0.3 is 12.2 Å². The van der Waals surface area contributed by atoms with Gasteiger partial charge in [0.25, 0.3) is 0 Å². The number of alkyl halides is 3. The van der Waals surface area contributed by atoms with Crippen LogP contribution >= 0.6 is 11.6 Å². The third kappa shape index (κ3) is 5.31. The van der Waals surface area contributed by atoms with E-state index >= 15 is 4.39 Å². The second-order valence-corrected chi connectivity index (χ2v) is 11.9. The van der Waals surface area contributed by atoms with Crippen LogP contribution in [-0.2, 0) is 17.3 Å². The Morgan fingerprint density at radius 3 is 2.81 bits per heavy atom. The van der Waals surface area contributed by atoms with Crippen molar-refractivity contribution in [1.29, 1.82) is 0 Å². The maximum absolute atomic E-state index is 15.4. The van der Waals surface area contributed by atoms with Crippen LogP contribution < -0.4 is 14.4 Å². The van der Waals surface area contributed by atoms with Gasteiger partial charge in [-0.15, -0.1) is 0 Å². The summed E-state index contributed by atoms with van der Waals surface area (Å²) in [6.07, 6.45) is 1.85. The van der Waals surface area contributed by atoms with E-state index in [1.807, 2.05) is 0 Å². The number of ether oxygens (including phenoxy) is 3. The van der Waals surface area contributed by atoms with Crippen molar-refractivity contribution >= 4 is 28.3 Å². The molecule has 15 heteroatoms. The first-order valence-corrected chi connectivity index (χ1v) is 14.9. The molecule has 7 rings (SSSR count). The van der Waals surface area contributed by atoms with Gasteiger partial charge in [0.15, 0.2) is 16.7 Å². The lowest BCUT2D eigenvalue weighted by atomic mass is 9.95. The lowest BCUT2D eigenvalue weighted by Crippen LogP contribution is -2.48. The Hall–Kier alpha value is -3.10. The summed E-state index contributed by atoms with van der Waals surface area (Å²) in [5, 5.41) is 0.340. The van der Waals surface area contributed by atoms with E-state index in [4.69, 9.17) is 30.8 Å². The zero-order valence-electron chi connectivity index (χ0n) is 23.2. The average Bonchev–Trinajstić information content (AvgIpc) is 3.40. The third-order valence-corrected chi connectivity index (χ3v) is 9.32. The molecule has 4 aliphatic heterocycles. The standard InChI is InChI=1S/C28H30ClF4N7O3/c29-24-22(30)23-21-18(36-24)4-3-16-12-41-10-2-8-39(16)25(21)38-26(37-23)43-14-27-6-1-9-40(27)17(5-7-27)13-42-20-11-19(28(31,32)33)34-15-35-20/h11,15-17H,1-10,12-14H2/t16-,17-,27-/m0/s1. The lowest BCUT2D eigenvalue weighted by Gasteiger charge is -2.34. The van der Waals surface area contributed by atoms with Crippen LogP contribution in [0.4, 0.5) is 23.4 Å². The predicted molar refractivity (Wildman–Crippen MR) is 147 cm³/mol. The molecule has 0 aliphatic carbocycles. The second-order valence-electron chi connectivity index (χ2n) is 11.6. The molecule has 3 aromatic rings. The lowest BCUT2D eigenvalue weighted by molar-refractivity contribution is -0.141. The minimum atomic E-state index is -4.58. The summed E-state index contributed by atoms with van der Waals surface area (Å²) < 4.78 is 72.4. The Kier molecular flexibility index (Phi) is 7.41. The number of rotatable bonds is 6. The van der Waals surface area contributed by atoms with Crippen LogP contribution in [0.5, 0.6) is 11.9 Å². The SMILES string of the molecule is Fc1c(Cl)nc2c3c(nc(OC[C@@]45CCCN4[C@H](COc4cc(C(F)(F)F)ncn4)CC5)nc13)N1CCCOC[C@@H]1CC2. The smallest absolute Gasteiger partial charge is 0.433 e. The van der Waals surface area contributed by atoms with Gasteiger partial charge in [-0.1, -0.05) is 11.6 Å². The number of hydrogen-bond acceptors (Lipinski definition) is 10. The van der Waals surface area contributed by atoms with Gasteiger partial charge in [0.1, 0.15) is 30.9 Å². The van der Waals surface area contributed by atoms with Crippen molar-refractivity contribution in [3.8, 4) is 11.9 Å². The maximum Gasteiger partial charge on any atom is 0.433 e. The first kappa shape index (κ1) is 28.7. The third-order valence-electron chi connectivity index (χ3n) is 9.07. The van der Waals surface area contributed by atoms with Crippen molar-refractivity contribution in [1.82, 2.24) is 29.8 Å². The van der Waals surface area contributed by atoms with Gasteiger partial charge in [-0.3, -0.25) is 4.90 Å². The van der Waals surface area contributed by atoms with Crippen LogP contribution in [0, 0.1) is 5.82 Å². The molecule has 0 saturated carbocycles. The summed E-state index contributed by atoms with van der Waals surface area (Å²) in [4.78, 5) is 25.3. The summed E-state index contributed by atoms with van der Waals surface area (Å²) in [5.41, 5.74) is -0.594. The van der Waals surface area contributed by atoms with Crippen molar-refractivity contribution in [3.05, 3.63) is 34.8 Å². The van der Waals surface area contributed by atoms with E-state index in [-0.39, 0.29) is 53.4 Å². The molecule has 3 atom stereocenters. The summed E-state index contributed by atoms with van der Waals surface area (Å²) in [7, 11) is 0. The van der Waals surface area contributed by atoms with Crippen molar-refractivity contribution in [2.24, 2.45) is 0 Å². The molecule has 0 radical (unpaired) electrons. The highest BCUT2D eigenvalue weighted by atomic mass is 35.5. The van der Waals surface area contributed by atoms with E-state index in [1.54, 1.807) is 0 Å².